The molecule has 2 N–H and O–H groups in total. The number of hydrogen-bond donors (Lipinski definition) is 2. The zero-order valence-electron chi connectivity index (χ0n) is 13.4. The van der Waals surface area contributed by atoms with E-state index in [1.807, 2.05) is 55.5 Å². The molecule has 7 heteroatoms. The minimum absolute atomic E-state index is 0.237. The second-order valence-corrected chi connectivity index (χ2v) is 6.64. The summed E-state index contributed by atoms with van der Waals surface area (Å²) in [4.78, 5) is 17.6. The summed E-state index contributed by atoms with van der Waals surface area (Å²) < 4.78 is 10.7. The van der Waals surface area contributed by atoms with Crippen molar-refractivity contribution < 1.29 is 14.3 Å². The van der Waals surface area contributed by atoms with Gasteiger partial charge in [-0.1, -0.05) is 18.2 Å². The Hall–Kier alpha value is -3.06. The summed E-state index contributed by atoms with van der Waals surface area (Å²) in [5, 5.41) is 6.09. The fourth-order valence-electron chi connectivity index (χ4n) is 2.54. The summed E-state index contributed by atoms with van der Waals surface area (Å²) in [6.07, 6.45) is 0. The summed E-state index contributed by atoms with van der Waals surface area (Å²) >= 11 is 1.43. The maximum absolute atomic E-state index is 12.1. The Kier molecular flexibility index (Phi) is 3.99. The molecule has 1 aliphatic heterocycles. The van der Waals surface area contributed by atoms with Gasteiger partial charge in [-0.15, -0.1) is 11.3 Å². The summed E-state index contributed by atoms with van der Waals surface area (Å²) in [7, 11) is 0. The highest BCUT2D eigenvalue weighted by Crippen LogP contribution is 2.38. The number of aromatic nitrogens is 1. The molecule has 2 heterocycles. The molecule has 25 heavy (non-hydrogen) atoms. The lowest BCUT2D eigenvalue weighted by atomic mass is 10.1. The predicted molar refractivity (Wildman–Crippen MR) is 97.5 cm³/mol. The first-order valence-electron chi connectivity index (χ1n) is 7.69. The average molecular weight is 353 g/mol. The maximum atomic E-state index is 12.1. The van der Waals surface area contributed by atoms with Gasteiger partial charge in [0, 0.05) is 16.1 Å². The first-order valence-corrected chi connectivity index (χ1v) is 8.51. The van der Waals surface area contributed by atoms with Crippen LogP contribution in [0.3, 0.4) is 0 Å². The fraction of sp³-hybridized carbons (Fsp3) is 0.111. The molecule has 2 amide bonds. The molecule has 0 bridgehead atoms. The Bertz CT molecular complexity index is 925. The quantitative estimate of drug-likeness (QED) is 0.728. The van der Waals surface area contributed by atoms with Crippen LogP contribution in [0.2, 0.25) is 0 Å². The molecule has 4 rings (SSSR count). The minimum Gasteiger partial charge on any atom is -0.454 e. The van der Waals surface area contributed by atoms with Gasteiger partial charge in [0.15, 0.2) is 16.6 Å². The third-order valence-electron chi connectivity index (χ3n) is 3.69. The summed E-state index contributed by atoms with van der Waals surface area (Å²) in [5.74, 6) is 1.44. The van der Waals surface area contributed by atoms with Crippen LogP contribution in [0.5, 0.6) is 11.5 Å². The Balaban J connectivity index is 1.51. The van der Waals surface area contributed by atoms with Crippen molar-refractivity contribution in [3.05, 3.63) is 53.4 Å². The second kappa shape index (κ2) is 6.45. The van der Waals surface area contributed by atoms with Crippen molar-refractivity contribution in [3.8, 4) is 22.8 Å². The average Bonchev–Trinajstić information content (AvgIpc) is 3.21. The van der Waals surface area contributed by atoms with E-state index in [4.69, 9.17) is 9.47 Å². The van der Waals surface area contributed by atoms with Crippen LogP contribution in [0.15, 0.2) is 48.5 Å². The number of nitrogens with one attached hydrogen (secondary N) is 2. The van der Waals surface area contributed by atoms with E-state index in [9.17, 15) is 4.79 Å². The highest BCUT2D eigenvalue weighted by Gasteiger charge is 2.17. The van der Waals surface area contributed by atoms with Crippen molar-refractivity contribution in [3.63, 3.8) is 0 Å². The van der Waals surface area contributed by atoms with E-state index in [2.05, 4.69) is 15.6 Å². The lowest BCUT2D eigenvalue weighted by Crippen LogP contribution is -2.19. The molecular weight excluding hydrogens is 338 g/mol. The lowest BCUT2D eigenvalue weighted by Gasteiger charge is -2.04. The zero-order chi connectivity index (χ0) is 17.2. The summed E-state index contributed by atoms with van der Waals surface area (Å²) in [6, 6.07) is 14.6. The van der Waals surface area contributed by atoms with Gasteiger partial charge in [0.25, 0.3) is 0 Å². The monoisotopic (exact) mass is 353 g/mol. The van der Waals surface area contributed by atoms with Crippen LogP contribution in [-0.2, 0) is 0 Å². The van der Waals surface area contributed by atoms with Crippen LogP contribution in [-0.4, -0.2) is 17.8 Å². The summed E-state index contributed by atoms with van der Waals surface area (Å²) in [5.41, 5.74) is 2.47. The summed E-state index contributed by atoms with van der Waals surface area (Å²) in [6.45, 7) is 2.21. The van der Waals surface area contributed by atoms with Crippen molar-refractivity contribution in [2.75, 3.05) is 17.4 Å². The predicted octanol–water partition coefficient (Wildman–Crippen LogP) is 4.49. The molecule has 2 aromatic carbocycles. The number of para-hydroxylation sites is 1. The lowest BCUT2D eigenvalue weighted by molar-refractivity contribution is 0.174. The molecule has 0 fully saturated rings. The molecule has 0 atom stereocenters. The molecule has 3 aromatic rings. The fourth-order valence-corrected chi connectivity index (χ4v) is 3.37. The third-order valence-corrected chi connectivity index (χ3v) is 4.58. The molecule has 1 aliphatic rings. The van der Waals surface area contributed by atoms with Crippen molar-refractivity contribution in [2.45, 2.75) is 6.92 Å². The van der Waals surface area contributed by atoms with Crippen molar-refractivity contribution in [1.29, 1.82) is 0 Å². The number of rotatable bonds is 3. The number of nitrogens with zero attached hydrogens (tertiary/aromatic N) is 1. The number of carbonyl (C=O) groups is 1. The van der Waals surface area contributed by atoms with Crippen LogP contribution in [0.4, 0.5) is 15.6 Å². The van der Waals surface area contributed by atoms with Gasteiger partial charge in [-0.2, -0.15) is 0 Å². The number of urea groups is 1. The molecule has 0 unspecified atom stereocenters. The van der Waals surface area contributed by atoms with Crippen LogP contribution >= 0.6 is 11.3 Å². The van der Waals surface area contributed by atoms with E-state index >= 15 is 0 Å². The number of anilines is 2. The minimum atomic E-state index is -0.322. The third kappa shape index (κ3) is 3.27. The first-order chi connectivity index (χ1) is 12.2. The smallest absolute Gasteiger partial charge is 0.325 e. The Morgan fingerprint density at radius 2 is 1.88 bits per heavy atom. The van der Waals surface area contributed by atoms with Gasteiger partial charge in [0.1, 0.15) is 0 Å². The number of amides is 2. The van der Waals surface area contributed by atoms with Gasteiger partial charge in [-0.05, 0) is 37.3 Å². The van der Waals surface area contributed by atoms with E-state index < -0.39 is 0 Å². The first kappa shape index (κ1) is 15.5. The Labute approximate surface area is 148 Å². The van der Waals surface area contributed by atoms with E-state index in [0.717, 1.165) is 27.6 Å². The number of benzene rings is 2. The van der Waals surface area contributed by atoms with Gasteiger partial charge in [-0.25, -0.2) is 9.78 Å². The van der Waals surface area contributed by atoms with Gasteiger partial charge in [0.2, 0.25) is 6.79 Å². The maximum Gasteiger partial charge on any atom is 0.325 e. The van der Waals surface area contributed by atoms with E-state index in [1.54, 1.807) is 0 Å². The standard InChI is InChI=1S/C18H15N3O3S/c1-11-16(12-7-8-14-15(9-12)24-10-23-14)20-18(25-11)21-17(22)19-13-5-3-2-4-6-13/h2-9H,10H2,1H3,(H2,19,20,21,22). The van der Waals surface area contributed by atoms with Gasteiger partial charge >= 0.3 is 6.03 Å². The topological polar surface area (TPSA) is 72.5 Å². The van der Waals surface area contributed by atoms with Gasteiger partial charge in [-0.3, -0.25) is 5.32 Å². The van der Waals surface area contributed by atoms with Crippen LogP contribution in [0, 0.1) is 6.92 Å². The van der Waals surface area contributed by atoms with Crippen molar-refractivity contribution >= 4 is 28.2 Å². The molecule has 126 valence electrons. The number of fused-ring (bicyclic) bond motifs is 1. The van der Waals surface area contributed by atoms with Crippen LogP contribution < -0.4 is 20.1 Å². The molecular formula is C18H15N3O3S. The second-order valence-electron chi connectivity index (χ2n) is 5.44. The SMILES string of the molecule is Cc1sc(NC(=O)Nc2ccccc2)nc1-c1ccc2c(c1)OCO2. The van der Waals surface area contributed by atoms with Gasteiger partial charge in [0.05, 0.1) is 5.69 Å². The van der Waals surface area contributed by atoms with Crippen molar-refractivity contribution in [1.82, 2.24) is 4.98 Å². The highest BCUT2D eigenvalue weighted by atomic mass is 32.1. The normalized spacial score (nSPS) is 12.0. The molecule has 1 aromatic heterocycles. The van der Waals surface area contributed by atoms with Crippen LogP contribution in [0.1, 0.15) is 4.88 Å². The molecule has 0 aliphatic carbocycles. The number of thiazole rings is 1. The number of aryl methyl sites for hydroxylation is 1. The molecule has 6 nitrogen and oxygen atoms in total. The number of carbonyl (C=O) groups excluding carboxylic acids is 1. The van der Waals surface area contributed by atoms with Crippen molar-refractivity contribution in [2.24, 2.45) is 0 Å². The number of hydrogen-bond acceptors (Lipinski definition) is 5. The molecule has 0 spiro atoms. The molecule has 0 saturated heterocycles. The van der Waals surface area contributed by atoms with E-state index in [-0.39, 0.29) is 12.8 Å². The molecule has 0 saturated carbocycles. The molecule has 0 radical (unpaired) electrons. The largest absolute Gasteiger partial charge is 0.454 e. The van der Waals surface area contributed by atoms with Gasteiger partial charge < -0.3 is 14.8 Å². The van der Waals surface area contributed by atoms with E-state index in [1.165, 1.54) is 11.3 Å². The number of ether oxygens (including phenoxy) is 2. The Morgan fingerprint density at radius 1 is 1.08 bits per heavy atom. The van der Waals surface area contributed by atoms with E-state index in [0.29, 0.717) is 10.9 Å². The van der Waals surface area contributed by atoms with Crippen LogP contribution in [0.25, 0.3) is 11.3 Å². The highest BCUT2D eigenvalue weighted by molar-refractivity contribution is 7.16. The Morgan fingerprint density at radius 3 is 2.72 bits per heavy atom. The zero-order valence-corrected chi connectivity index (χ0v) is 14.2.